The zero-order chi connectivity index (χ0) is 22.2. The SMILES string of the molecule is Clc1ccc2[nH]c(CNc3nc(N4CCCNCC4)nc4c3ncn4-c3ccoc3)nc2c1. The number of aromatic nitrogens is 6. The minimum Gasteiger partial charge on any atom is -0.470 e. The number of furan rings is 1. The topological polar surface area (TPSA) is 113 Å². The van der Waals surface area contributed by atoms with E-state index in [4.69, 9.17) is 26.0 Å². The van der Waals surface area contributed by atoms with Gasteiger partial charge < -0.3 is 24.9 Å². The molecular formula is C22H22ClN9O. The van der Waals surface area contributed by atoms with Crippen LogP contribution in [-0.4, -0.2) is 55.7 Å². The molecule has 3 N–H and O–H groups in total. The van der Waals surface area contributed by atoms with Crippen molar-refractivity contribution in [2.24, 2.45) is 0 Å². The third-order valence-electron chi connectivity index (χ3n) is 5.71. The third kappa shape index (κ3) is 3.87. The Balaban J connectivity index is 1.38. The van der Waals surface area contributed by atoms with E-state index in [-0.39, 0.29) is 0 Å². The van der Waals surface area contributed by atoms with Crippen LogP contribution in [0.3, 0.4) is 0 Å². The molecule has 1 saturated heterocycles. The van der Waals surface area contributed by atoms with Crippen molar-refractivity contribution in [3.8, 4) is 5.69 Å². The molecule has 168 valence electrons. The molecule has 10 nitrogen and oxygen atoms in total. The number of nitrogens with zero attached hydrogens (tertiary/aromatic N) is 6. The van der Waals surface area contributed by atoms with E-state index >= 15 is 0 Å². The molecule has 1 aliphatic rings. The highest BCUT2D eigenvalue weighted by molar-refractivity contribution is 6.31. The number of hydrogen-bond acceptors (Lipinski definition) is 8. The summed E-state index contributed by atoms with van der Waals surface area (Å²) in [5.41, 5.74) is 4.03. The monoisotopic (exact) mass is 463 g/mol. The summed E-state index contributed by atoms with van der Waals surface area (Å²) in [6.07, 6.45) is 6.08. The molecule has 5 heterocycles. The average Bonchev–Trinajstić information content (AvgIpc) is 3.53. The van der Waals surface area contributed by atoms with Gasteiger partial charge in [0.15, 0.2) is 17.0 Å². The largest absolute Gasteiger partial charge is 0.470 e. The summed E-state index contributed by atoms with van der Waals surface area (Å²) >= 11 is 6.10. The number of hydrogen-bond donors (Lipinski definition) is 3. The number of nitrogens with one attached hydrogen (secondary N) is 3. The third-order valence-corrected chi connectivity index (χ3v) is 5.94. The highest BCUT2D eigenvalue weighted by atomic mass is 35.5. The molecule has 6 rings (SSSR count). The second kappa shape index (κ2) is 8.38. The van der Waals surface area contributed by atoms with Crippen LogP contribution in [0, 0.1) is 0 Å². The van der Waals surface area contributed by atoms with Gasteiger partial charge in [0, 0.05) is 30.7 Å². The van der Waals surface area contributed by atoms with Gasteiger partial charge in [-0.2, -0.15) is 9.97 Å². The molecule has 0 aliphatic carbocycles. The number of benzene rings is 1. The van der Waals surface area contributed by atoms with Crippen molar-refractivity contribution in [1.29, 1.82) is 0 Å². The molecule has 5 aromatic rings. The summed E-state index contributed by atoms with van der Waals surface area (Å²) in [6, 6.07) is 7.50. The Kier molecular flexibility index (Phi) is 5.08. The fourth-order valence-corrected chi connectivity index (χ4v) is 4.23. The van der Waals surface area contributed by atoms with E-state index in [0.29, 0.717) is 28.9 Å². The lowest BCUT2D eigenvalue weighted by atomic mass is 10.3. The zero-order valence-electron chi connectivity index (χ0n) is 17.8. The van der Waals surface area contributed by atoms with Crippen LogP contribution in [0.25, 0.3) is 27.9 Å². The van der Waals surface area contributed by atoms with Gasteiger partial charge in [-0.3, -0.25) is 4.57 Å². The van der Waals surface area contributed by atoms with Crippen molar-refractivity contribution in [3.63, 3.8) is 0 Å². The van der Waals surface area contributed by atoms with Crippen LogP contribution in [0.2, 0.25) is 5.02 Å². The van der Waals surface area contributed by atoms with Gasteiger partial charge in [0.05, 0.1) is 29.5 Å². The minimum atomic E-state index is 0.456. The Bertz CT molecular complexity index is 1400. The number of halogens is 1. The first-order chi connectivity index (χ1) is 16.2. The van der Waals surface area contributed by atoms with Crippen LogP contribution in [0.4, 0.5) is 11.8 Å². The second-order valence-corrected chi connectivity index (χ2v) is 8.37. The lowest BCUT2D eigenvalue weighted by molar-refractivity contribution is 0.566. The molecule has 0 unspecified atom stereocenters. The van der Waals surface area contributed by atoms with Crippen LogP contribution < -0.4 is 15.5 Å². The van der Waals surface area contributed by atoms with Gasteiger partial charge in [-0.05, 0) is 31.2 Å². The predicted molar refractivity (Wildman–Crippen MR) is 127 cm³/mol. The molecule has 0 amide bonds. The smallest absolute Gasteiger partial charge is 0.229 e. The highest BCUT2D eigenvalue weighted by Crippen LogP contribution is 2.26. The van der Waals surface area contributed by atoms with E-state index in [1.54, 1.807) is 18.9 Å². The van der Waals surface area contributed by atoms with Crippen LogP contribution in [0.5, 0.6) is 0 Å². The summed E-state index contributed by atoms with van der Waals surface area (Å²) in [4.78, 5) is 24.5. The molecule has 1 aliphatic heterocycles. The standard InChI is InChI=1S/C22H22ClN9O/c23-14-2-3-16-17(10-14)28-18(27-16)11-25-20-19-21(32(13-26-19)15-4-9-33-12-15)30-22(29-20)31-7-1-5-24-6-8-31/h2-4,9-10,12-13,24H,1,5-8,11H2,(H,27,28)(H,25,29,30). The maximum Gasteiger partial charge on any atom is 0.229 e. The Morgan fingerprint density at radius 3 is 3.00 bits per heavy atom. The Morgan fingerprint density at radius 2 is 2.09 bits per heavy atom. The maximum atomic E-state index is 6.10. The molecule has 0 atom stereocenters. The van der Waals surface area contributed by atoms with Crippen molar-refractivity contribution in [3.05, 3.63) is 54.0 Å². The first-order valence-electron chi connectivity index (χ1n) is 10.9. The summed E-state index contributed by atoms with van der Waals surface area (Å²) in [5.74, 6) is 2.12. The number of fused-ring (bicyclic) bond motifs is 2. The zero-order valence-corrected chi connectivity index (χ0v) is 18.5. The molecule has 0 bridgehead atoms. The van der Waals surface area contributed by atoms with Crippen LogP contribution >= 0.6 is 11.6 Å². The van der Waals surface area contributed by atoms with Gasteiger partial charge in [0.2, 0.25) is 5.95 Å². The fraction of sp³-hybridized carbons (Fsp3) is 0.273. The van der Waals surface area contributed by atoms with E-state index in [2.05, 4.69) is 30.5 Å². The molecule has 1 aromatic carbocycles. The van der Waals surface area contributed by atoms with Gasteiger partial charge in [0.25, 0.3) is 0 Å². The van der Waals surface area contributed by atoms with Crippen molar-refractivity contribution >= 4 is 45.6 Å². The number of rotatable bonds is 5. The van der Waals surface area contributed by atoms with Crippen LogP contribution in [-0.2, 0) is 6.54 Å². The maximum absolute atomic E-state index is 6.10. The summed E-state index contributed by atoms with van der Waals surface area (Å²) < 4.78 is 7.19. The van der Waals surface area contributed by atoms with Crippen molar-refractivity contribution in [1.82, 2.24) is 34.8 Å². The second-order valence-electron chi connectivity index (χ2n) is 7.93. The number of H-pyrrole nitrogens is 1. The predicted octanol–water partition coefficient (Wildman–Crippen LogP) is 3.35. The average molecular weight is 464 g/mol. The molecule has 0 saturated carbocycles. The van der Waals surface area contributed by atoms with Crippen molar-refractivity contribution < 1.29 is 4.42 Å². The first kappa shape index (κ1) is 20.0. The van der Waals surface area contributed by atoms with Crippen LogP contribution in [0.15, 0.2) is 47.5 Å². The lowest BCUT2D eigenvalue weighted by Crippen LogP contribution is -2.29. The Morgan fingerprint density at radius 1 is 1.12 bits per heavy atom. The molecular weight excluding hydrogens is 442 g/mol. The van der Waals surface area contributed by atoms with E-state index in [9.17, 15) is 0 Å². The summed E-state index contributed by atoms with van der Waals surface area (Å²) in [6.45, 7) is 4.08. The number of imidazole rings is 2. The van der Waals surface area contributed by atoms with Gasteiger partial charge in [0.1, 0.15) is 18.4 Å². The Hall–Kier alpha value is -3.63. The van der Waals surface area contributed by atoms with Gasteiger partial charge in [-0.25, -0.2) is 9.97 Å². The summed E-state index contributed by atoms with van der Waals surface area (Å²) in [5, 5.41) is 7.50. The van der Waals surface area contributed by atoms with E-state index < -0.39 is 0 Å². The minimum absolute atomic E-state index is 0.456. The van der Waals surface area contributed by atoms with Gasteiger partial charge >= 0.3 is 0 Å². The molecule has 0 spiro atoms. The number of aromatic amines is 1. The van der Waals surface area contributed by atoms with E-state index in [0.717, 1.165) is 60.8 Å². The lowest BCUT2D eigenvalue weighted by Gasteiger charge is -2.20. The van der Waals surface area contributed by atoms with Gasteiger partial charge in [-0.1, -0.05) is 11.6 Å². The summed E-state index contributed by atoms with van der Waals surface area (Å²) in [7, 11) is 0. The van der Waals surface area contributed by atoms with Crippen molar-refractivity contribution in [2.75, 3.05) is 36.4 Å². The first-order valence-corrected chi connectivity index (χ1v) is 11.2. The number of anilines is 2. The molecule has 0 radical (unpaired) electrons. The van der Waals surface area contributed by atoms with Crippen molar-refractivity contribution in [2.45, 2.75) is 13.0 Å². The molecule has 1 fully saturated rings. The molecule has 11 heteroatoms. The fourth-order valence-electron chi connectivity index (χ4n) is 4.07. The normalized spacial score (nSPS) is 14.8. The van der Waals surface area contributed by atoms with E-state index in [1.807, 2.05) is 28.8 Å². The van der Waals surface area contributed by atoms with Gasteiger partial charge in [-0.15, -0.1) is 0 Å². The quantitative estimate of drug-likeness (QED) is 0.363. The van der Waals surface area contributed by atoms with E-state index in [1.165, 1.54) is 0 Å². The van der Waals surface area contributed by atoms with Crippen LogP contribution in [0.1, 0.15) is 12.2 Å². The molecule has 33 heavy (non-hydrogen) atoms. The molecule has 4 aromatic heterocycles. The highest BCUT2D eigenvalue weighted by Gasteiger charge is 2.19. The Labute approximate surface area is 194 Å².